The highest BCUT2D eigenvalue weighted by Crippen LogP contribution is 2.23. The summed E-state index contributed by atoms with van der Waals surface area (Å²) in [5.74, 6) is 2.12. The molecule has 2 N–H and O–H groups in total. The van der Waals surface area contributed by atoms with Crippen LogP contribution in [0.1, 0.15) is 44.2 Å². The minimum Gasteiger partial charge on any atom is -0.469 e. The Kier molecular flexibility index (Phi) is 3.81. The van der Waals surface area contributed by atoms with Crippen molar-refractivity contribution < 1.29 is 8.94 Å². The van der Waals surface area contributed by atoms with Gasteiger partial charge in [0.05, 0.1) is 11.8 Å². The predicted octanol–water partition coefficient (Wildman–Crippen LogP) is 2.42. The van der Waals surface area contributed by atoms with Gasteiger partial charge in [-0.15, -0.1) is 0 Å². The first-order valence-corrected chi connectivity index (χ1v) is 6.32. The van der Waals surface area contributed by atoms with Crippen LogP contribution in [-0.4, -0.2) is 10.1 Å². The summed E-state index contributed by atoms with van der Waals surface area (Å²) in [6.45, 7) is 4.06. The predicted molar refractivity (Wildman–Crippen MR) is 66.9 cm³/mol. The molecule has 0 aliphatic heterocycles. The van der Waals surface area contributed by atoms with Gasteiger partial charge in [0.15, 0.2) is 5.82 Å². The van der Waals surface area contributed by atoms with Crippen molar-refractivity contribution in [3.8, 4) is 0 Å². The third-order valence-corrected chi connectivity index (χ3v) is 3.34. The number of rotatable bonds is 6. The number of aromatic nitrogens is 2. The van der Waals surface area contributed by atoms with Crippen LogP contribution in [-0.2, 0) is 18.4 Å². The number of furan rings is 1. The largest absolute Gasteiger partial charge is 0.469 e. The van der Waals surface area contributed by atoms with Crippen LogP contribution in [0.3, 0.4) is 0 Å². The maximum absolute atomic E-state index is 6.22. The standard InChI is InChI=1S/C13H19N3O2/c1-3-13(14,4-2)12-15-11(18-16-12)8-7-10-6-5-9-17-10/h5-6,9H,3-4,7-8,14H2,1-2H3. The molecule has 5 heteroatoms. The Bertz CT molecular complexity index is 472. The van der Waals surface area contributed by atoms with Crippen molar-refractivity contribution in [2.75, 3.05) is 0 Å². The van der Waals surface area contributed by atoms with Gasteiger partial charge in [-0.25, -0.2) is 0 Å². The summed E-state index contributed by atoms with van der Waals surface area (Å²) in [5, 5.41) is 3.99. The van der Waals surface area contributed by atoms with Crippen LogP contribution in [0.4, 0.5) is 0 Å². The van der Waals surface area contributed by atoms with E-state index >= 15 is 0 Å². The average molecular weight is 249 g/mol. The Labute approximate surface area is 106 Å². The third kappa shape index (κ3) is 2.61. The lowest BCUT2D eigenvalue weighted by molar-refractivity contribution is 0.334. The highest BCUT2D eigenvalue weighted by molar-refractivity contribution is 5.04. The van der Waals surface area contributed by atoms with E-state index in [1.165, 1.54) is 0 Å². The van der Waals surface area contributed by atoms with Crippen molar-refractivity contribution in [2.24, 2.45) is 5.73 Å². The van der Waals surface area contributed by atoms with E-state index in [0.29, 0.717) is 18.1 Å². The topological polar surface area (TPSA) is 78.1 Å². The van der Waals surface area contributed by atoms with E-state index in [0.717, 1.165) is 25.0 Å². The van der Waals surface area contributed by atoms with Crippen molar-refractivity contribution in [3.63, 3.8) is 0 Å². The molecule has 0 bridgehead atoms. The second-order valence-corrected chi connectivity index (χ2v) is 4.45. The molecule has 0 aromatic carbocycles. The number of hydrogen-bond acceptors (Lipinski definition) is 5. The molecule has 2 heterocycles. The summed E-state index contributed by atoms with van der Waals surface area (Å²) in [5.41, 5.74) is 5.74. The van der Waals surface area contributed by atoms with Gasteiger partial charge in [0.25, 0.3) is 0 Å². The zero-order valence-corrected chi connectivity index (χ0v) is 10.8. The first kappa shape index (κ1) is 12.8. The maximum atomic E-state index is 6.22. The van der Waals surface area contributed by atoms with Gasteiger partial charge in [-0.1, -0.05) is 19.0 Å². The van der Waals surface area contributed by atoms with Crippen LogP contribution < -0.4 is 5.73 Å². The fraction of sp³-hybridized carbons (Fsp3) is 0.538. The second kappa shape index (κ2) is 5.35. The zero-order chi connectivity index (χ0) is 13.0. The highest BCUT2D eigenvalue weighted by atomic mass is 16.5. The van der Waals surface area contributed by atoms with Gasteiger partial charge < -0.3 is 14.7 Å². The molecule has 2 aromatic rings. The molecule has 2 aromatic heterocycles. The molecule has 0 saturated heterocycles. The Morgan fingerprint density at radius 2 is 2.06 bits per heavy atom. The molecule has 98 valence electrons. The van der Waals surface area contributed by atoms with Crippen LogP contribution in [0.5, 0.6) is 0 Å². The average Bonchev–Trinajstić information content (AvgIpc) is 3.06. The first-order valence-electron chi connectivity index (χ1n) is 6.32. The third-order valence-electron chi connectivity index (χ3n) is 3.34. The summed E-state index contributed by atoms with van der Waals surface area (Å²) < 4.78 is 10.5. The minimum absolute atomic E-state index is 0.480. The summed E-state index contributed by atoms with van der Waals surface area (Å²) in [6.07, 6.45) is 4.67. The van der Waals surface area contributed by atoms with Crippen molar-refractivity contribution >= 4 is 0 Å². The van der Waals surface area contributed by atoms with Crippen LogP contribution in [0.25, 0.3) is 0 Å². The lowest BCUT2D eigenvalue weighted by Gasteiger charge is -2.21. The van der Waals surface area contributed by atoms with Gasteiger partial charge in [-0.05, 0) is 25.0 Å². The minimum atomic E-state index is -0.480. The molecule has 5 nitrogen and oxygen atoms in total. The Morgan fingerprint density at radius 1 is 1.28 bits per heavy atom. The summed E-state index contributed by atoms with van der Waals surface area (Å²) >= 11 is 0. The Morgan fingerprint density at radius 3 is 2.67 bits per heavy atom. The van der Waals surface area contributed by atoms with Crippen LogP contribution in [0.15, 0.2) is 27.3 Å². The van der Waals surface area contributed by atoms with Crippen LogP contribution in [0.2, 0.25) is 0 Å². The highest BCUT2D eigenvalue weighted by Gasteiger charge is 2.28. The van der Waals surface area contributed by atoms with Crippen molar-refractivity contribution in [1.29, 1.82) is 0 Å². The second-order valence-electron chi connectivity index (χ2n) is 4.45. The molecule has 0 spiro atoms. The van der Waals surface area contributed by atoms with Crippen LogP contribution >= 0.6 is 0 Å². The van der Waals surface area contributed by atoms with E-state index in [4.69, 9.17) is 14.7 Å². The van der Waals surface area contributed by atoms with Crippen molar-refractivity contribution in [2.45, 2.75) is 45.1 Å². The fourth-order valence-corrected chi connectivity index (χ4v) is 1.81. The number of aryl methyl sites for hydroxylation is 2. The smallest absolute Gasteiger partial charge is 0.227 e. The lowest BCUT2D eigenvalue weighted by Crippen LogP contribution is -2.36. The molecule has 0 saturated carbocycles. The summed E-state index contributed by atoms with van der Waals surface area (Å²) in [6, 6.07) is 3.80. The van der Waals surface area contributed by atoms with E-state index in [1.807, 2.05) is 26.0 Å². The first-order chi connectivity index (χ1) is 8.68. The fourth-order valence-electron chi connectivity index (χ4n) is 1.81. The van der Waals surface area contributed by atoms with Crippen molar-refractivity contribution in [3.05, 3.63) is 35.9 Å². The molecule has 0 fully saturated rings. The Balaban J connectivity index is 2.02. The van der Waals surface area contributed by atoms with E-state index < -0.39 is 5.54 Å². The van der Waals surface area contributed by atoms with Gasteiger partial charge in [0.2, 0.25) is 5.89 Å². The molecule has 18 heavy (non-hydrogen) atoms. The normalized spacial score (nSPS) is 11.9. The number of hydrogen-bond donors (Lipinski definition) is 1. The molecule has 0 aliphatic rings. The van der Waals surface area contributed by atoms with Gasteiger partial charge in [0.1, 0.15) is 5.76 Å². The van der Waals surface area contributed by atoms with Gasteiger partial charge in [0, 0.05) is 12.8 Å². The molecule has 0 unspecified atom stereocenters. The quantitative estimate of drug-likeness (QED) is 0.850. The molecule has 0 aliphatic carbocycles. The van der Waals surface area contributed by atoms with Gasteiger partial charge in [-0.2, -0.15) is 4.98 Å². The number of nitrogens with zero attached hydrogens (tertiary/aromatic N) is 2. The lowest BCUT2D eigenvalue weighted by atomic mass is 9.93. The molecular weight excluding hydrogens is 230 g/mol. The van der Waals surface area contributed by atoms with Gasteiger partial charge in [-0.3, -0.25) is 0 Å². The summed E-state index contributed by atoms with van der Waals surface area (Å²) in [4.78, 5) is 4.38. The van der Waals surface area contributed by atoms with E-state index in [-0.39, 0.29) is 0 Å². The number of nitrogens with two attached hydrogens (primary N) is 1. The van der Waals surface area contributed by atoms with Crippen LogP contribution in [0, 0.1) is 0 Å². The van der Waals surface area contributed by atoms with E-state index in [2.05, 4.69) is 10.1 Å². The van der Waals surface area contributed by atoms with E-state index in [9.17, 15) is 0 Å². The molecular formula is C13H19N3O2. The monoisotopic (exact) mass is 249 g/mol. The zero-order valence-electron chi connectivity index (χ0n) is 10.8. The molecule has 0 atom stereocenters. The van der Waals surface area contributed by atoms with Crippen molar-refractivity contribution in [1.82, 2.24) is 10.1 Å². The Hall–Kier alpha value is -1.62. The van der Waals surface area contributed by atoms with E-state index in [1.54, 1.807) is 6.26 Å². The maximum Gasteiger partial charge on any atom is 0.227 e. The summed E-state index contributed by atoms with van der Waals surface area (Å²) in [7, 11) is 0. The molecule has 0 amide bonds. The molecule has 0 radical (unpaired) electrons. The SMILES string of the molecule is CCC(N)(CC)c1noc(CCc2ccco2)n1. The molecule has 2 rings (SSSR count). The van der Waals surface area contributed by atoms with Gasteiger partial charge >= 0.3 is 0 Å².